The molecule has 0 saturated heterocycles. The monoisotopic (exact) mass is 365 g/mol. The third kappa shape index (κ3) is 3.10. The predicted octanol–water partition coefficient (Wildman–Crippen LogP) is 4.50. The Morgan fingerprint density at radius 1 is 1.12 bits per heavy atom. The molecule has 0 unspecified atom stereocenters. The van der Waals surface area contributed by atoms with Crippen molar-refractivity contribution in [2.45, 2.75) is 0 Å². The topological polar surface area (TPSA) is 88.2 Å². The number of rotatable bonds is 3. The molecule has 0 radical (unpaired) electrons. The number of fused-ring (bicyclic) bond motifs is 1. The van der Waals surface area contributed by atoms with E-state index in [4.69, 9.17) is 16.0 Å². The molecule has 0 saturated carbocycles. The maximum atomic E-state index is 12.3. The van der Waals surface area contributed by atoms with Gasteiger partial charge in [-0.3, -0.25) is 9.78 Å². The van der Waals surface area contributed by atoms with Crippen LogP contribution in [0.5, 0.6) is 5.75 Å². The number of amides is 1. The fraction of sp³-hybridized carbons (Fsp3) is 0. The average molecular weight is 366 g/mol. The van der Waals surface area contributed by atoms with Gasteiger partial charge in [0.25, 0.3) is 5.91 Å². The zero-order valence-corrected chi connectivity index (χ0v) is 14.1. The van der Waals surface area contributed by atoms with E-state index in [0.717, 1.165) is 0 Å². The number of nitrogens with zero attached hydrogens (tertiary/aromatic N) is 2. The van der Waals surface area contributed by atoms with Gasteiger partial charge in [-0.15, -0.1) is 0 Å². The normalized spacial score (nSPS) is 10.8. The highest BCUT2D eigenvalue weighted by molar-refractivity contribution is 6.30. The van der Waals surface area contributed by atoms with Crippen molar-refractivity contribution in [3.63, 3.8) is 0 Å². The SMILES string of the molecule is O=C(Nc1ccc(O)c(-c2nc3cnccc3o2)c1)c1ccc(Cl)cc1. The molecule has 0 bridgehead atoms. The van der Waals surface area contributed by atoms with Crippen LogP contribution < -0.4 is 5.32 Å². The summed E-state index contributed by atoms with van der Waals surface area (Å²) in [4.78, 5) is 20.6. The van der Waals surface area contributed by atoms with Gasteiger partial charge in [-0.2, -0.15) is 0 Å². The minimum Gasteiger partial charge on any atom is -0.507 e. The first kappa shape index (κ1) is 16.1. The van der Waals surface area contributed by atoms with Crippen molar-refractivity contribution in [2.24, 2.45) is 0 Å². The Morgan fingerprint density at radius 2 is 1.92 bits per heavy atom. The van der Waals surface area contributed by atoms with Crippen LogP contribution in [0, 0.1) is 0 Å². The van der Waals surface area contributed by atoms with Crippen molar-refractivity contribution in [2.75, 3.05) is 5.32 Å². The van der Waals surface area contributed by atoms with Crippen molar-refractivity contribution in [3.8, 4) is 17.2 Å². The number of halogens is 1. The van der Waals surface area contributed by atoms with Gasteiger partial charge in [0.1, 0.15) is 11.3 Å². The third-order valence-electron chi connectivity index (χ3n) is 3.78. The number of hydrogen-bond donors (Lipinski definition) is 2. The van der Waals surface area contributed by atoms with E-state index in [0.29, 0.717) is 32.9 Å². The summed E-state index contributed by atoms with van der Waals surface area (Å²) in [7, 11) is 0. The molecule has 2 aromatic heterocycles. The second-order valence-corrected chi connectivity index (χ2v) is 5.99. The molecule has 26 heavy (non-hydrogen) atoms. The van der Waals surface area contributed by atoms with Gasteiger partial charge < -0.3 is 14.8 Å². The number of carbonyl (C=O) groups is 1. The van der Waals surface area contributed by atoms with Gasteiger partial charge in [0, 0.05) is 28.5 Å². The average Bonchev–Trinajstić information content (AvgIpc) is 3.07. The number of anilines is 1. The Labute approximate surface area is 153 Å². The number of phenols is 1. The molecule has 2 aromatic carbocycles. The van der Waals surface area contributed by atoms with Crippen LogP contribution in [0.1, 0.15) is 10.4 Å². The number of nitrogens with one attached hydrogen (secondary N) is 1. The molecule has 0 spiro atoms. The Morgan fingerprint density at radius 3 is 2.69 bits per heavy atom. The van der Waals surface area contributed by atoms with Gasteiger partial charge in [0.05, 0.1) is 11.8 Å². The van der Waals surface area contributed by atoms with E-state index in [1.165, 1.54) is 6.07 Å². The van der Waals surface area contributed by atoms with Crippen LogP contribution in [0.2, 0.25) is 5.02 Å². The minimum atomic E-state index is -0.292. The second-order valence-electron chi connectivity index (χ2n) is 5.56. The zero-order chi connectivity index (χ0) is 18.1. The Bertz CT molecular complexity index is 1070. The number of carbonyl (C=O) groups excluding carboxylic acids is 1. The zero-order valence-electron chi connectivity index (χ0n) is 13.3. The Hall–Kier alpha value is -3.38. The molecule has 0 atom stereocenters. The van der Waals surface area contributed by atoms with Crippen molar-refractivity contribution in [1.29, 1.82) is 0 Å². The smallest absolute Gasteiger partial charge is 0.255 e. The summed E-state index contributed by atoms with van der Waals surface area (Å²) < 4.78 is 5.65. The van der Waals surface area contributed by atoms with Gasteiger partial charge >= 0.3 is 0 Å². The predicted molar refractivity (Wildman–Crippen MR) is 98.3 cm³/mol. The van der Waals surface area contributed by atoms with Gasteiger partial charge in [0.15, 0.2) is 5.58 Å². The first-order chi connectivity index (χ1) is 12.6. The Kier molecular flexibility index (Phi) is 4.02. The molecule has 4 aromatic rings. The number of aromatic hydroxyl groups is 1. The molecule has 4 rings (SSSR count). The number of benzene rings is 2. The maximum Gasteiger partial charge on any atom is 0.255 e. The number of oxazole rings is 1. The molecule has 0 fully saturated rings. The molecule has 2 N–H and O–H groups in total. The van der Waals surface area contributed by atoms with Gasteiger partial charge in [0.2, 0.25) is 5.89 Å². The van der Waals surface area contributed by atoms with Crippen molar-refractivity contribution < 1.29 is 14.3 Å². The summed E-state index contributed by atoms with van der Waals surface area (Å²) in [6.45, 7) is 0. The number of hydrogen-bond acceptors (Lipinski definition) is 5. The van der Waals surface area contributed by atoms with Gasteiger partial charge in [-0.05, 0) is 42.5 Å². The summed E-state index contributed by atoms with van der Waals surface area (Å²) in [5, 5.41) is 13.5. The van der Waals surface area contributed by atoms with E-state index in [1.807, 2.05) is 0 Å². The number of pyridine rings is 1. The Balaban J connectivity index is 1.65. The van der Waals surface area contributed by atoms with Crippen LogP contribution >= 0.6 is 11.6 Å². The molecular weight excluding hydrogens is 354 g/mol. The van der Waals surface area contributed by atoms with E-state index in [-0.39, 0.29) is 17.5 Å². The van der Waals surface area contributed by atoms with Crippen LogP contribution in [0.15, 0.2) is 65.3 Å². The first-order valence-electron chi connectivity index (χ1n) is 7.71. The molecule has 6 nitrogen and oxygen atoms in total. The van der Waals surface area contributed by atoms with E-state index in [2.05, 4.69) is 15.3 Å². The lowest BCUT2D eigenvalue weighted by Gasteiger charge is -2.08. The highest BCUT2D eigenvalue weighted by Crippen LogP contribution is 2.33. The molecule has 2 heterocycles. The van der Waals surface area contributed by atoms with E-state index < -0.39 is 0 Å². The van der Waals surface area contributed by atoms with Crippen molar-refractivity contribution >= 4 is 34.3 Å². The molecule has 128 valence electrons. The van der Waals surface area contributed by atoms with Crippen LogP contribution in [0.4, 0.5) is 5.69 Å². The summed E-state index contributed by atoms with van der Waals surface area (Å²) in [5.41, 5.74) is 2.48. The molecule has 0 aliphatic heterocycles. The van der Waals surface area contributed by atoms with Crippen LogP contribution in [-0.2, 0) is 0 Å². The highest BCUT2D eigenvalue weighted by atomic mass is 35.5. The summed E-state index contributed by atoms with van der Waals surface area (Å²) in [6, 6.07) is 12.9. The van der Waals surface area contributed by atoms with E-state index >= 15 is 0 Å². The van der Waals surface area contributed by atoms with Gasteiger partial charge in [-0.1, -0.05) is 11.6 Å². The molecule has 0 aliphatic carbocycles. The summed E-state index contributed by atoms with van der Waals surface area (Å²) in [6.07, 6.45) is 3.17. The lowest BCUT2D eigenvalue weighted by Crippen LogP contribution is -2.11. The van der Waals surface area contributed by atoms with E-state index in [9.17, 15) is 9.90 Å². The summed E-state index contributed by atoms with van der Waals surface area (Å²) in [5.74, 6) is -0.0535. The fourth-order valence-electron chi connectivity index (χ4n) is 2.48. The largest absolute Gasteiger partial charge is 0.507 e. The van der Waals surface area contributed by atoms with Crippen molar-refractivity contribution in [1.82, 2.24) is 9.97 Å². The number of phenolic OH excluding ortho intramolecular Hbond substituents is 1. The van der Waals surface area contributed by atoms with E-state index in [1.54, 1.807) is 54.9 Å². The third-order valence-corrected chi connectivity index (χ3v) is 4.03. The van der Waals surface area contributed by atoms with Crippen LogP contribution in [0.25, 0.3) is 22.6 Å². The summed E-state index contributed by atoms with van der Waals surface area (Å²) >= 11 is 5.83. The van der Waals surface area contributed by atoms with Crippen LogP contribution in [-0.4, -0.2) is 21.0 Å². The maximum absolute atomic E-state index is 12.3. The minimum absolute atomic E-state index is 0.00555. The highest BCUT2D eigenvalue weighted by Gasteiger charge is 2.14. The van der Waals surface area contributed by atoms with Crippen LogP contribution in [0.3, 0.4) is 0 Å². The lowest BCUT2D eigenvalue weighted by atomic mass is 10.1. The first-order valence-corrected chi connectivity index (χ1v) is 8.09. The quantitative estimate of drug-likeness (QED) is 0.522. The molecular formula is C19H12ClN3O3. The molecule has 1 amide bonds. The van der Waals surface area contributed by atoms with Crippen molar-refractivity contribution in [3.05, 3.63) is 71.5 Å². The van der Waals surface area contributed by atoms with Gasteiger partial charge in [-0.25, -0.2) is 4.98 Å². The standard InChI is InChI=1S/C19H12ClN3O3/c20-12-3-1-11(2-4-12)18(25)22-13-5-6-16(24)14(9-13)19-23-15-10-21-8-7-17(15)26-19/h1-10,24H,(H,22,25). The lowest BCUT2D eigenvalue weighted by molar-refractivity contribution is 0.102. The number of aromatic nitrogens is 2. The second kappa shape index (κ2) is 6.50. The molecule has 7 heteroatoms. The fourth-order valence-corrected chi connectivity index (χ4v) is 2.61. The molecule has 0 aliphatic rings.